The van der Waals surface area contributed by atoms with E-state index in [-0.39, 0.29) is 35.5 Å². The molecule has 0 heterocycles. The highest BCUT2D eigenvalue weighted by Crippen LogP contribution is 2.36. The van der Waals surface area contributed by atoms with Gasteiger partial charge in [-0.25, -0.2) is 4.79 Å². The van der Waals surface area contributed by atoms with Crippen molar-refractivity contribution in [3.63, 3.8) is 0 Å². The maximum Gasteiger partial charge on any atom is 0.407 e. The number of ketones is 1. The molecule has 0 radical (unpaired) electrons. The van der Waals surface area contributed by atoms with Gasteiger partial charge in [0.15, 0.2) is 5.78 Å². The second-order valence-corrected chi connectivity index (χ2v) is 12.5. The van der Waals surface area contributed by atoms with E-state index in [0.717, 1.165) is 50.9 Å². The lowest BCUT2D eigenvalue weighted by Gasteiger charge is -2.32. The number of Topliss-reactive ketones (excluding diaryl/α,β-unsaturated/α-hetero) is 1. The summed E-state index contributed by atoms with van der Waals surface area (Å²) in [6.07, 6.45) is 8.47. The Morgan fingerprint density at radius 2 is 1.43 bits per heavy atom. The number of carbonyl (C=O) groups excluding carboxylic acids is 6. The summed E-state index contributed by atoms with van der Waals surface area (Å²) in [7, 11) is 2.86. The molecule has 0 saturated heterocycles. The Labute approximate surface area is 263 Å². The maximum absolute atomic E-state index is 11.5. The van der Waals surface area contributed by atoms with Crippen LogP contribution in [-0.4, -0.2) is 75.1 Å². The average Bonchev–Trinajstić information content (AvgIpc) is 2.90. The normalized spacial score (nSPS) is 20.6. The number of methoxy groups -OCH3 is 2. The van der Waals surface area contributed by atoms with E-state index in [0.29, 0.717) is 38.3 Å². The number of ether oxygens (including phenoxy) is 3. The molecule has 2 saturated carbocycles. The molecule has 2 aliphatic rings. The number of hydrogen-bond donors (Lipinski definition) is 3. The van der Waals surface area contributed by atoms with E-state index < -0.39 is 17.7 Å². The lowest BCUT2D eigenvalue weighted by Crippen LogP contribution is -2.39. The van der Waals surface area contributed by atoms with Crippen LogP contribution < -0.4 is 16.0 Å². The van der Waals surface area contributed by atoms with E-state index in [9.17, 15) is 28.8 Å². The molecular formula is C32H57N3O9. The Hall–Kier alpha value is -3.18. The molecule has 0 spiro atoms. The minimum absolute atomic E-state index is 0.0234. The summed E-state index contributed by atoms with van der Waals surface area (Å²) in [5.41, 5.74) is -0.507. The number of unbranched alkanes of at least 4 members (excludes halogenated alkanes) is 1. The van der Waals surface area contributed by atoms with Crippen LogP contribution >= 0.6 is 0 Å². The van der Waals surface area contributed by atoms with Gasteiger partial charge in [0, 0.05) is 19.5 Å². The first-order valence-corrected chi connectivity index (χ1v) is 15.8. The number of carbonyl (C=O) groups is 6. The third-order valence-electron chi connectivity index (χ3n) is 7.50. The molecule has 254 valence electrons. The second-order valence-electron chi connectivity index (χ2n) is 12.5. The summed E-state index contributed by atoms with van der Waals surface area (Å²) >= 11 is 0. The summed E-state index contributed by atoms with van der Waals surface area (Å²) in [5.74, 6) is 1.24. The van der Waals surface area contributed by atoms with Crippen LogP contribution in [0.4, 0.5) is 4.79 Å². The van der Waals surface area contributed by atoms with Crippen molar-refractivity contribution in [1.82, 2.24) is 16.0 Å². The van der Waals surface area contributed by atoms with E-state index in [1.165, 1.54) is 27.6 Å². The zero-order chi connectivity index (χ0) is 33.7. The standard InChI is InChI=1S/C16H30N2O4.C8H13NO3.C8H14O2/c1-6-9-14(20)18-13(12(2)19)10-7-8-11-17-15(21)22-16(3,4)5;1-12-8(11)7-2-6(3-7)4-9-5-10;1-3-6-4-7(5-6)8(9)10-2/h13H,6-11H2,1-5H3,(H,17,21)(H,18,20);5-7H,2-4H2,1H3,(H,9,10);6-7H,3-5H2,1-2H3. The Balaban J connectivity index is 0.000000698. The fourth-order valence-electron chi connectivity index (χ4n) is 4.75. The van der Waals surface area contributed by atoms with Gasteiger partial charge in [-0.2, -0.15) is 0 Å². The molecule has 0 aliphatic heterocycles. The van der Waals surface area contributed by atoms with Crippen LogP contribution in [-0.2, 0) is 38.2 Å². The minimum atomic E-state index is -0.507. The molecule has 3 N–H and O–H groups in total. The van der Waals surface area contributed by atoms with Gasteiger partial charge in [0.2, 0.25) is 12.3 Å². The number of esters is 2. The van der Waals surface area contributed by atoms with Crippen LogP contribution in [0.3, 0.4) is 0 Å². The van der Waals surface area contributed by atoms with Gasteiger partial charge in [0.05, 0.1) is 32.1 Å². The van der Waals surface area contributed by atoms with Crippen LogP contribution in [0.2, 0.25) is 0 Å². The molecule has 44 heavy (non-hydrogen) atoms. The molecule has 1 unspecified atom stereocenters. The molecular weight excluding hydrogens is 570 g/mol. The van der Waals surface area contributed by atoms with Gasteiger partial charge in [0.1, 0.15) is 5.60 Å². The first-order chi connectivity index (χ1) is 20.7. The Bertz CT molecular complexity index is 892. The van der Waals surface area contributed by atoms with Gasteiger partial charge in [0.25, 0.3) is 0 Å². The van der Waals surface area contributed by atoms with Crippen molar-refractivity contribution in [2.75, 3.05) is 27.3 Å². The summed E-state index contributed by atoms with van der Waals surface area (Å²) in [6.45, 7) is 12.2. The molecule has 1 atom stereocenters. The molecule has 2 aliphatic carbocycles. The Morgan fingerprint density at radius 1 is 0.886 bits per heavy atom. The van der Waals surface area contributed by atoms with Crippen LogP contribution in [0.1, 0.15) is 106 Å². The van der Waals surface area contributed by atoms with Gasteiger partial charge < -0.3 is 30.2 Å². The molecule has 2 fully saturated rings. The van der Waals surface area contributed by atoms with Crippen molar-refractivity contribution in [1.29, 1.82) is 0 Å². The zero-order valence-corrected chi connectivity index (χ0v) is 28.1. The highest BCUT2D eigenvalue weighted by molar-refractivity contribution is 5.87. The van der Waals surface area contributed by atoms with Crippen LogP contribution in [0.5, 0.6) is 0 Å². The second kappa shape index (κ2) is 22.3. The Kier molecular flexibility index (Phi) is 20.7. The number of nitrogens with one attached hydrogen (secondary N) is 3. The summed E-state index contributed by atoms with van der Waals surface area (Å²) in [5, 5.41) is 8.01. The lowest BCUT2D eigenvalue weighted by atomic mass is 9.74. The predicted molar refractivity (Wildman–Crippen MR) is 166 cm³/mol. The van der Waals surface area contributed by atoms with E-state index >= 15 is 0 Å². The van der Waals surface area contributed by atoms with Gasteiger partial charge >= 0.3 is 18.0 Å². The van der Waals surface area contributed by atoms with Gasteiger partial charge in [-0.05, 0) is 90.9 Å². The van der Waals surface area contributed by atoms with Crippen LogP contribution in [0.25, 0.3) is 0 Å². The molecule has 0 aromatic rings. The van der Waals surface area contributed by atoms with Crippen molar-refractivity contribution < 1.29 is 43.0 Å². The number of amides is 3. The van der Waals surface area contributed by atoms with E-state index in [2.05, 4.69) is 32.3 Å². The third kappa shape index (κ3) is 18.5. The summed E-state index contributed by atoms with van der Waals surface area (Å²) in [4.78, 5) is 66.1. The topological polar surface area (TPSA) is 166 Å². The number of hydrogen-bond acceptors (Lipinski definition) is 9. The molecule has 12 heteroatoms. The molecule has 0 bridgehead atoms. The Morgan fingerprint density at radius 3 is 1.86 bits per heavy atom. The highest BCUT2D eigenvalue weighted by Gasteiger charge is 2.35. The monoisotopic (exact) mass is 627 g/mol. The average molecular weight is 628 g/mol. The fraction of sp³-hybridized carbons (Fsp3) is 0.812. The first kappa shape index (κ1) is 40.8. The van der Waals surface area contributed by atoms with E-state index in [1.807, 2.05) is 27.7 Å². The van der Waals surface area contributed by atoms with Crippen molar-refractivity contribution >= 4 is 36.1 Å². The quantitative estimate of drug-likeness (QED) is 0.105. The van der Waals surface area contributed by atoms with Crippen molar-refractivity contribution in [2.24, 2.45) is 23.7 Å². The smallest absolute Gasteiger partial charge is 0.407 e. The van der Waals surface area contributed by atoms with Crippen molar-refractivity contribution in [3.8, 4) is 0 Å². The maximum atomic E-state index is 11.5. The van der Waals surface area contributed by atoms with Crippen LogP contribution in [0.15, 0.2) is 0 Å². The summed E-state index contributed by atoms with van der Waals surface area (Å²) < 4.78 is 14.3. The highest BCUT2D eigenvalue weighted by atomic mass is 16.6. The first-order valence-electron chi connectivity index (χ1n) is 15.8. The predicted octanol–water partition coefficient (Wildman–Crippen LogP) is 4.08. The molecule has 0 aromatic carbocycles. The molecule has 12 nitrogen and oxygen atoms in total. The van der Waals surface area contributed by atoms with E-state index in [4.69, 9.17) is 4.74 Å². The van der Waals surface area contributed by atoms with E-state index in [1.54, 1.807) is 0 Å². The van der Waals surface area contributed by atoms with Crippen molar-refractivity contribution in [2.45, 2.75) is 117 Å². The SMILES string of the molecule is CCC1CC(C(=O)OC)C1.CCCC(=O)NC(CCCCNC(=O)OC(C)(C)C)C(C)=O.COC(=O)C1CC(CNC=O)C1. The largest absolute Gasteiger partial charge is 0.469 e. The molecule has 0 aromatic heterocycles. The van der Waals surface area contributed by atoms with Crippen molar-refractivity contribution in [3.05, 3.63) is 0 Å². The molecule has 2 rings (SSSR count). The van der Waals surface area contributed by atoms with Gasteiger partial charge in [-0.1, -0.05) is 20.3 Å². The van der Waals surface area contributed by atoms with Gasteiger partial charge in [-0.3, -0.25) is 24.0 Å². The fourth-order valence-corrected chi connectivity index (χ4v) is 4.75. The lowest BCUT2D eigenvalue weighted by molar-refractivity contribution is -0.150. The van der Waals surface area contributed by atoms with Crippen LogP contribution in [0, 0.1) is 23.7 Å². The zero-order valence-electron chi connectivity index (χ0n) is 28.1. The number of rotatable bonds is 15. The minimum Gasteiger partial charge on any atom is -0.469 e. The van der Waals surface area contributed by atoms with Gasteiger partial charge in [-0.15, -0.1) is 0 Å². The molecule has 3 amide bonds. The summed E-state index contributed by atoms with van der Waals surface area (Å²) in [6, 6.07) is -0.430. The third-order valence-corrected chi connectivity index (χ3v) is 7.50. The number of alkyl carbamates (subject to hydrolysis) is 1.